The molecule has 3 aromatic rings. The first-order chi connectivity index (χ1) is 14.3. The predicted molar refractivity (Wildman–Crippen MR) is 113 cm³/mol. The first kappa shape index (κ1) is 19.9. The number of halogens is 1. The molecule has 1 atom stereocenters. The number of nitrogens with one attached hydrogen (secondary N) is 1. The van der Waals surface area contributed by atoms with Crippen LogP contribution in [0.3, 0.4) is 0 Å². The number of aromatic hydroxyl groups is 1. The van der Waals surface area contributed by atoms with E-state index in [2.05, 4.69) is 10.3 Å². The third-order valence-corrected chi connectivity index (χ3v) is 5.55. The van der Waals surface area contributed by atoms with Gasteiger partial charge in [-0.3, -0.25) is 9.59 Å². The van der Waals surface area contributed by atoms with Gasteiger partial charge in [0.1, 0.15) is 22.9 Å². The first-order valence-electron chi connectivity index (χ1n) is 9.78. The van der Waals surface area contributed by atoms with Crippen LogP contribution in [-0.4, -0.2) is 34.7 Å². The molecule has 156 valence electrons. The number of anilines is 1. The minimum atomic E-state index is -0.708. The zero-order valence-electron chi connectivity index (χ0n) is 17.1. The van der Waals surface area contributed by atoms with Crippen LogP contribution in [0.1, 0.15) is 40.9 Å². The van der Waals surface area contributed by atoms with Crippen LogP contribution >= 0.6 is 0 Å². The number of carbonyl (C=O) groups excluding carboxylic acids is 1. The van der Waals surface area contributed by atoms with Crippen LogP contribution in [0.5, 0.6) is 5.75 Å². The summed E-state index contributed by atoms with van der Waals surface area (Å²) in [5, 5.41) is 13.6. The monoisotopic (exact) mass is 410 g/mol. The second-order valence-electron chi connectivity index (χ2n) is 7.81. The summed E-state index contributed by atoms with van der Waals surface area (Å²) in [4.78, 5) is 32.2. The van der Waals surface area contributed by atoms with Crippen LogP contribution in [0.25, 0.3) is 10.9 Å². The smallest absolute Gasteiger partial charge is 0.267 e. The maximum atomic E-state index is 14.1. The van der Waals surface area contributed by atoms with E-state index >= 15 is 0 Å². The third-order valence-electron chi connectivity index (χ3n) is 5.55. The molecule has 0 fully saturated rings. The van der Waals surface area contributed by atoms with E-state index in [1.54, 1.807) is 12.3 Å². The number of hydrogen-bond acceptors (Lipinski definition) is 5. The van der Waals surface area contributed by atoms with E-state index in [1.165, 1.54) is 16.7 Å². The summed E-state index contributed by atoms with van der Waals surface area (Å²) in [6.07, 6.45) is 2.91. The molecule has 0 bridgehead atoms. The molecule has 0 radical (unpaired) electrons. The minimum Gasteiger partial charge on any atom is -0.506 e. The molecular weight excluding hydrogens is 387 g/mol. The lowest BCUT2D eigenvalue weighted by molar-refractivity contribution is 0.0946. The molecule has 0 aliphatic carbocycles. The second kappa shape index (κ2) is 7.44. The van der Waals surface area contributed by atoms with Crippen LogP contribution in [0.4, 0.5) is 10.2 Å². The highest BCUT2D eigenvalue weighted by atomic mass is 19.1. The standard InChI is InChI=1S/C22H23FN4O3/c1-12-6-7-13-9-15(23)10-16-18(13)27(12)22(30)17(19(16)28)21(29)25-11-14-5-4-8-24-20(14)26(2)3/h4-5,8-10,12,28H,6-7,11H2,1-3H3,(H,25,29). The first-order valence-corrected chi connectivity index (χ1v) is 9.78. The lowest BCUT2D eigenvalue weighted by Gasteiger charge is -2.26. The summed E-state index contributed by atoms with van der Waals surface area (Å²) < 4.78 is 15.6. The molecule has 2 aromatic heterocycles. The Morgan fingerprint density at radius 3 is 2.90 bits per heavy atom. The topological polar surface area (TPSA) is 87.5 Å². The van der Waals surface area contributed by atoms with Crippen LogP contribution < -0.4 is 15.8 Å². The van der Waals surface area contributed by atoms with Crippen molar-refractivity contribution in [2.45, 2.75) is 32.4 Å². The number of aryl methyl sites for hydroxylation is 1. The van der Waals surface area contributed by atoms with E-state index in [0.29, 0.717) is 29.7 Å². The van der Waals surface area contributed by atoms with E-state index in [4.69, 9.17) is 0 Å². The van der Waals surface area contributed by atoms with Gasteiger partial charge < -0.3 is 19.9 Å². The van der Waals surface area contributed by atoms with E-state index in [-0.39, 0.29) is 23.5 Å². The van der Waals surface area contributed by atoms with Crippen molar-refractivity contribution in [3.8, 4) is 5.75 Å². The van der Waals surface area contributed by atoms with Gasteiger partial charge in [0.05, 0.1) is 5.52 Å². The maximum absolute atomic E-state index is 14.1. The predicted octanol–water partition coefficient (Wildman–Crippen LogP) is 2.74. The molecule has 0 spiro atoms. The number of pyridine rings is 2. The Kier molecular flexibility index (Phi) is 4.93. The Hall–Kier alpha value is -3.42. The largest absolute Gasteiger partial charge is 0.506 e. The van der Waals surface area contributed by atoms with Gasteiger partial charge in [-0.2, -0.15) is 0 Å². The quantitative estimate of drug-likeness (QED) is 0.691. The molecule has 1 aromatic carbocycles. The van der Waals surface area contributed by atoms with E-state index in [1.807, 2.05) is 32.0 Å². The number of carbonyl (C=O) groups is 1. The van der Waals surface area contributed by atoms with Gasteiger partial charge in [0, 0.05) is 43.8 Å². The summed E-state index contributed by atoms with van der Waals surface area (Å²) in [6.45, 7) is 2.01. The summed E-state index contributed by atoms with van der Waals surface area (Å²) in [5.41, 5.74) is 0.976. The highest BCUT2D eigenvalue weighted by Gasteiger charge is 2.28. The molecular formula is C22H23FN4O3. The van der Waals surface area contributed by atoms with Gasteiger partial charge in [-0.05, 0) is 43.5 Å². The van der Waals surface area contributed by atoms with Crippen molar-refractivity contribution in [1.82, 2.24) is 14.9 Å². The van der Waals surface area contributed by atoms with E-state index in [0.717, 1.165) is 5.56 Å². The van der Waals surface area contributed by atoms with Crippen molar-refractivity contribution in [3.63, 3.8) is 0 Å². The normalized spacial score (nSPS) is 15.3. The highest BCUT2D eigenvalue weighted by Crippen LogP contribution is 2.35. The van der Waals surface area contributed by atoms with Crippen molar-refractivity contribution in [2.24, 2.45) is 0 Å². The zero-order valence-corrected chi connectivity index (χ0v) is 17.1. The molecule has 0 saturated heterocycles. The molecule has 1 unspecified atom stereocenters. The summed E-state index contributed by atoms with van der Waals surface area (Å²) in [5.74, 6) is -1.02. The van der Waals surface area contributed by atoms with Gasteiger partial charge >= 0.3 is 0 Å². The van der Waals surface area contributed by atoms with Crippen LogP contribution in [-0.2, 0) is 13.0 Å². The number of rotatable bonds is 4. The molecule has 1 aliphatic rings. The molecule has 1 amide bonds. The Balaban J connectivity index is 1.78. The van der Waals surface area contributed by atoms with Crippen molar-refractivity contribution < 1.29 is 14.3 Å². The van der Waals surface area contributed by atoms with Gasteiger partial charge in [-0.25, -0.2) is 9.37 Å². The Morgan fingerprint density at radius 2 is 2.17 bits per heavy atom. The maximum Gasteiger partial charge on any atom is 0.267 e. The fourth-order valence-electron chi connectivity index (χ4n) is 4.12. The molecule has 30 heavy (non-hydrogen) atoms. The SMILES string of the molecule is CC1CCc2cc(F)cc3c(O)c(C(=O)NCc4cccnc4N(C)C)c(=O)n1c23. The number of amides is 1. The molecule has 2 N–H and O–H groups in total. The van der Waals surface area contributed by atoms with E-state index < -0.39 is 23.0 Å². The van der Waals surface area contributed by atoms with Gasteiger partial charge in [-0.1, -0.05) is 6.07 Å². The zero-order chi connectivity index (χ0) is 21.6. The van der Waals surface area contributed by atoms with Gasteiger partial charge in [0.2, 0.25) is 0 Å². The van der Waals surface area contributed by atoms with Crippen LogP contribution in [0.2, 0.25) is 0 Å². The number of hydrogen-bond donors (Lipinski definition) is 2. The average Bonchev–Trinajstić information content (AvgIpc) is 2.71. The molecule has 4 rings (SSSR count). The van der Waals surface area contributed by atoms with Gasteiger partial charge in [-0.15, -0.1) is 0 Å². The van der Waals surface area contributed by atoms with Crippen molar-refractivity contribution >= 4 is 22.6 Å². The average molecular weight is 410 g/mol. The number of benzene rings is 1. The van der Waals surface area contributed by atoms with Crippen molar-refractivity contribution in [1.29, 1.82) is 0 Å². The Bertz CT molecular complexity index is 1220. The number of nitrogens with zero attached hydrogens (tertiary/aromatic N) is 3. The van der Waals surface area contributed by atoms with Gasteiger partial charge in [0.15, 0.2) is 0 Å². The second-order valence-corrected chi connectivity index (χ2v) is 7.81. The minimum absolute atomic E-state index is 0.126. The van der Waals surface area contributed by atoms with Gasteiger partial charge in [0.25, 0.3) is 11.5 Å². The molecule has 8 heteroatoms. The summed E-state index contributed by atoms with van der Waals surface area (Å²) in [6, 6.07) is 5.97. The Morgan fingerprint density at radius 1 is 1.40 bits per heavy atom. The van der Waals surface area contributed by atoms with Crippen molar-refractivity contribution in [2.75, 3.05) is 19.0 Å². The van der Waals surface area contributed by atoms with Crippen molar-refractivity contribution in [3.05, 3.63) is 63.3 Å². The third kappa shape index (κ3) is 3.18. The molecule has 0 saturated carbocycles. The fraction of sp³-hybridized carbons (Fsp3) is 0.318. The lowest BCUT2D eigenvalue weighted by Crippen LogP contribution is -2.36. The number of aromatic nitrogens is 2. The van der Waals surface area contributed by atoms with Crippen LogP contribution in [0.15, 0.2) is 35.3 Å². The molecule has 7 nitrogen and oxygen atoms in total. The van der Waals surface area contributed by atoms with E-state index in [9.17, 15) is 19.1 Å². The molecule has 1 aliphatic heterocycles. The molecule has 3 heterocycles. The lowest BCUT2D eigenvalue weighted by atomic mass is 9.95. The summed E-state index contributed by atoms with van der Waals surface area (Å²) in [7, 11) is 3.68. The summed E-state index contributed by atoms with van der Waals surface area (Å²) >= 11 is 0. The van der Waals surface area contributed by atoms with Crippen LogP contribution in [0, 0.1) is 5.82 Å². The Labute approximate surface area is 172 Å². The highest BCUT2D eigenvalue weighted by molar-refractivity contribution is 6.03. The fourth-order valence-corrected chi connectivity index (χ4v) is 4.12.